The first-order valence-corrected chi connectivity index (χ1v) is 28.8. The summed E-state index contributed by atoms with van der Waals surface area (Å²) in [6.45, 7) is 4.70. The predicted molar refractivity (Wildman–Crippen MR) is 344 cm³/mol. The standard InChI is InChI=1S/C78H55N5/c1-78(2)66-36-17-15-32-59(66)65-47-57(42-45-67(65)78)76-79-75(56-29-19-28-53(46-56)50-22-7-3-8-23-50)80-77(81-76)64-44-41-55(52-26-11-5-12-27-52)49-72(64)83-68-37-18-16-33-62(68)73-60(35-21-39-70(73)83)61-34-20-38-69-74(61)63-43-40-54(51-24-9-4-10-25-51)48-71(63)82(69)58-30-13-6-14-31-58/h3-41,43-49,57H,42H2,1-2H3. The minimum atomic E-state index is -0.0988. The molecule has 1 unspecified atom stereocenters. The van der Waals surface area contributed by atoms with Gasteiger partial charge in [-0.05, 0) is 128 Å². The van der Waals surface area contributed by atoms with Crippen molar-refractivity contribution in [2.24, 2.45) is 0 Å². The minimum absolute atomic E-state index is 0.0863. The zero-order chi connectivity index (χ0) is 55.2. The fraction of sp³-hybridized carbons (Fsp3) is 0.0641. The highest BCUT2D eigenvalue weighted by Crippen LogP contribution is 2.53. The Balaban J connectivity index is 0.937. The van der Waals surface area contributed by atoms with Crippen LogP contribution in [0.2, 0.25) is 0 Å². The summed E-state index contributed by atoms with van der Waals surface area (Å²) < 4.78 is 4.90. The number of hydrogen-bond acceptors (Lipinski definition) is 3. The van der Waals surface area contributed by atoms with Gasteiger partial charge in [0.25, 0.3) is 0 Å². The molecule has 0 saturated heterocycles. The molecule has 2 aliphatic carbocycles. The Kier molecular flexibility index (Phi) is 11.3. The van der Waals surface area contributed by atoms with Crippen molar-refractivity contribution in [3.05, 3.63) is 302 Å². The van der Waals surface area contributed by atoms with Crippen LogP contribution in [0.5, 0.6) is 0 Å². The van der Waals surface area contributed by atoms with E-state index in [1.165, 1.54) is 60.7 Å². The molecule has 0 radical (unpaired) electrons. The molecule has 0 spiro atoms. The van der Waals surface area contributed by atoms with E-state index < -0.39 is 0 Å². The van der Waals surface area contributed by atoms with Gasteiger partial charge in [0.2, 0.25) is 0 Å². The summed E-state index contributed by atoms with van der Waals surface area (Å²) in [6, 6.07) is 96.6. The first-order chi connectivity index (χ1) is 40.9. The third-order valence-corrected chi connectivity index (χ3v) is 17.5. The predicted octanol–water partition coefficient (Wildman–Crippen LogP) is 19.9. The van der Waals surface area contributed by atoms with E-state index in [0.717, 1.165) is 84.5 Å². The van der Waals surface area contributed by atoms with E-state index in [9.17, 15) is 0 Å². The lowest BCUT2D eigenvalue weighted by Crippen LogP contribution is -2.17. The van der Waals surface area contributed by atoms with Gasteiger partial charge in [0.05, 0.1) is 27.8 Å². The molecule has 0 aliphatic heterocycles. The summed E-state index contributed by atoms with van der Waals surface area (Å²) in [5.74, 6) is 1.93. The van der Waals surface area contributed by atoms with Gasteiger partial charge in [-0.3, -0.25) is 0 Å². The second-order valence-corrected chi connectivity index (χ2v) is 22.6. The van der Waals surface area contributed by atoms with Crippen LogP contribution in [-0.4, -0.2) is 24.1 Å². The van der Waals surface area contributed by atoms with E-state index in [1.54, 1.807) is 0 Å². The van der Waals surface area contributed by atoms with Gasteiger partial charge in [-0.25, -0.2) is 15.0 Å². The third kappa shape index (κ3) is 7.95. The summed E-state index contributed by atoms with van der Waals surface area (Å²) in [5, 5.41) is 4.76. The highest BCUT2D eigenvalue weighted by Gasteiger charge is 2.40. The number of para-hydroxylation sites is 2. The van der Waals surface area contributed by atoms with E-state index >= 15 is 0 Å². The number of hydrogen-bond donors (Lipinski definition) is 0. The summed E-state index contributed by atoms with van der Waals surface area (Å²) >= 11 is 0. The zero-order valence-corrected chi connectivity index (χ0v) is 46.1. The van der Waals surface area contributed by atoms with Crippen molar-refractivity contribution in [2.45, 2.75) is 31.6 Å². The molecule has 3 aromatic heterocycles. The topological polar surface area (TPSA) is 48.5 Å². The van der Waals surface area contributed by atoms with Crippen LogP contribution in [0.15, 0.2) is 285 Å². The Morgan fingerprint density at radius 3 is 1.60 bits per heavy atom. The van der Waals surface area contributed by atoms with E-state index in [1.807, 2.05) is 0 Å². The summed E-state index contributed by atoms with van der Waals surface area (Å²) in [4.78, 5) is 16.7. The molecule has 2 aliphatic rings. The highest BCUT2D eigenvalue weighted by molar-refractivity contribution is 6.22. The van der Waals surface area contributed by atoms with Gasteiger partial charge in [0.15, 0.2) is 11.6 Å². The molecule has 5 heteroatoms. The molecule has 83 heavy (non-hydrogen) atoms. The monoisotopic (exact) mass is 1060 g/mol. The van der Waals surface area contributed by atoms with Gasteiger partial charge in [0, 0.05) is 49.7 Å². The number of aromatic nitrogens is 5. The van der Waals surface area contributed by atoms with Crippen molar-refractivity contribution in [3.8, 4) is 78.7 Å². The fourth-order valence-electron chi connectivity index (χ4n) is 13.6. The van der Waals surface area contributed by atoms with Crippen LogP contribution in [0, 0.1) is 0 Å². The molecule has 0 saturated carbocycles. The zero-order valence-electron chi connectivity index (χ0n) is 46.1. The molecular formula is C78H55N5. The van der Waals surface area contributed by atoms with Crippen LogP contribution in [0.25, 0.3) is 128 Å². The minimum Gasteiger partial charge on any atom is -0.309 e. The van der Waals surface area contributed by atoms with Crippen LogP contribution in [-0.2, 0) is 5.41 Å². The van der Waals surface area contributed by atoms with E-state index in [4.69, 9.17) is 15.0 Å². The first-order valence-electron chi connectivity index (χ1n) is 28.8. The molecule has 14 aromatic rings. The van der Waals surface area contributed by atoms with Crippen molar-refractivity contribution >= 4 is 49.2 Å². The Hall–Kier alpha value is -10.5. The van der Waals surface area contributed by atoms with Crippen LogP contribution in [0.4, 0.5) is 0 Å². The molecule has 16 rings (SSSR count). The molecule has 0 amide bonds. The second-order valence-electron chi connectivity index (χ2n) is 22.6. The molecular weight excluding hydrogens is 1010 g/mol. The van der Waals surface area contributed by atoms with Crippen molar-refractivity contribution in [2.75, 3.05) is 0 Å². The van der Waals surface area contributed by atoms with Crippen molar-refractivity contribution in [3.63, 3.8) is 0 Å². The molecule has 1 atom stereocenters. The maximum absolute atomic E-state index is 5.64. The third-order valence-electron chi connectivity index (χ3n) is 17.5. The fourth-order valence-corrected chi connectivity index (χ4v) is 13.6. The van der Waals surface area contributed by atoms with Crippen LogP contribution >= 0.6 is 0 Å². The molecule has 3 heterocycles. The molecule has 11 aromatic carbocycles. The molecule has 392 valence electrons. The van der Waals surface area contributed by atoms with Crippen LogP contribution in [0.1, 0.15) is 43.1 Å². The summed E-state index contributed by atoms with van der Waals surface area (Å²) in [6.07, 6.45) is 5.65. The average Bonchev–Trinajstić information content (AvgIpc) is 2.57. The van der Waals surface area contributed by atoms with Crippen LogP contribution < -0.4 is 0 Å². The lowest BCUT2D eigenvalue weighted by molar-refractivity contribution is 0.647. The van der Waals surface area contributed by atoms with Gasteiger partial charge < -0.3 is 9.13 Å². The summed E-state index contributed by atoms with van der Waals surface area (Å²) in [7, 11) is 0. The van der Waals surface area contributed by atoms with E-state index in [2.05, 4.69) is 302 Å². The first kappa shape index (κ1) is 48.4. The van der Waals surface area contributed by atoms with Gasteiger partial charge in [-0.1, -0.05) is 238 Å². The largest absolute Gasteiger partial charge is 0.309 e. The van der Waals surface area contributed by atoms with Gasteiger partial charge >= 0.3 is 0 Å². The van der Waals surface area contributed by atoms with Gasteiger partial charge in [-0.15, -0.1) is 0 Å². The Morgan fingerprint density at radius 1 is 0.373 bits per heavy atom. The number of rotatable bonds is 9. The van der Waals surface area contributed by atoms with Crippen molar-refractivity contribution in [1.29, 1.82) is 0 Å². The Morgan fingerprint density at radius 2 is 0.892 bits per heavy atom. The Bertz CT molecular complexity index is 4950. The van der Waals surface area contributed by atoms with Crippen LogP contribution in [0.3, 0.4) is 0 Å². The molecule has 0 bridgehead atoms. The highest BCUT2D eigenvalue weighted by atomic mass is 15.1. The van der Waals surface area contributed by atoms with E-state index in [0.29, 0.717) is 11.6 Å². The van der Waals surface area contributed by atoms with E-state index in [-0.39, 0.29) is 11.3 Å². The molecule has 0 fully saturated rings. The average molecular weight is 1060 g/mol. The lowest BCUT2D eigenvalue weighted by atomic mass is 9.79. The maximum atomic E-state index is 5.64. The second kappa shape index (κ2) is 19.4. The van der Waals surface area contributed by atoms with Gasteiger partial charge in [-0.2, -0.15) is 0 Å². The normalized spacial score (nSPS) is 14.5. The maximum Gasteiger partial charge on any atom is 0.165 e. The number of benzene rings is 11. The number of nitrogens with zero attached hydrogens (tertiary/aromatic N) is 5. The summed E-state index contributed by atoms with van der Waals surface area (Å²) in [5.41, 5.74) is 22.9. The van der Waals surface area contributed by atoms with Crippen molar-refractivity contribution < 1.29 is 0 Å². The SMILES string of the molecule is CC1(C)C2=CCC(c3nc(-c4cccc(-c5ccccc5)c4)nc(-c4ccc(-c5ccccc5)cc4-n4c5ccccc5c5c(-c6cccc7c6c6ccc(-c8ccccc8)cc6n7-c6ccccc6)cccc54)n3)C=C2c2ccccc21. The number of fused-ring (bicyclic) bond motifs is 9. The van der Waals surface area contributed by atoms with Gasteiger partial charge in [0.1, 0.15) is 5.82 Å². The lowest BCUT2D eigenvalue weighted by Gasteiger charge is -2.25. The quantitative estimate of drug-likeness (QED) is 0.145. The number of allylic oxidation sites excluding steroid dienone is 4. The Labute approximate surface area is 482 Å². The molecule has 0 N–H and O–H groups in total. The van der Waals surface area contributed by atoms with Crippen molar-refractivity contribution in [1.82, 2.24) is 24.1 Å². The smallest absolute Gasteiger partial charge is 0.165 e. The molecule has 5 nitrogen and oxygen atoms in total.